The first-order valence-electron chi connectivity index (χ1n) is 8.92. The Kier molecular flexibility index (Phi) is 4.80. The predicted octanol–water partition coefficient (Wildman–Crippen LogP) is 3.58. The van der Waals surface area contributed by atoms with E-state index in [9.17, 15) is 5.11 Å². The van der Waals surface area contributed by atoms with Crippen molar-refractivity contribution < 1.29 is 9.84 Å². The minimum atomic E-state index is -0.243. The molecule has 3 aromatic rings. The highest BCUT2D eigenvalue weighted by Gasteiger charge is 2.20. The molecule has 1 aliphatic rings. The van der Waals surface area contributed by atoms with Crippen molar-refractivity contribution in [3.8, 4) is 11.4 Å². The van der Waals surface area contributed by atoms with E-state index >= 15 is 0 Å². The average molecular weight is 369 g/mol. The molecule has 0 amide bonds. The van der Waals surface area contributed by atoms with Gasteiger partial charge in [0.1, 0.15) is 5.75 Å². The van der Waals surface area contributed by atoms with Crippen LogP contribution in [-0.2, 0) is 6.67 Å². The minimum Gasteiger partial charge on any atom is -0.497 e. The Labute approximate surface area is 158 Å². The number of para-hydroxylation sites is 2. The van der Waals surface area contributed by atoms with Gasteiger partial charge in [0, 0.05) is 18.8 Å². The number of β-amino-alcohol motifs (C(OH)–C–C–N with tert-alkyl or cyclic N) is 1. The lowest BCUT2D eigenvalue weighted by Gasteiger charge is -2.30. The number of nitrogens with zero attached hydrogens (tertiary/aromatic N) is 3. The molecule has 0 aliphatic carbocycles. The maximum Gasteiger partial charge on any atom is 0.186 e. The lowest BCUT2D eigenvalue weighted by molar-refractivity contribution is 0.0548. The van der Waals surface area contributed by atoms with Crippen LogP contribution in [0.3, 0.4) is 0 Å². The first kappa shape index (κ1) is 17.3. The highest BCUT2D eigenvalue weighted by atomic mass is 32.1. The summed E-state index contributed by atoms with van der Waals surface area (Å²) in [6.45, 7) is 2.38. The van der Waals surface area contributed by atoms with Crippen LogP contribution in [0.25, 0.3) is 16.7 Å². The van der Waals surface area contributed by atoms with Crippen LogP contribution in [0.2, 0.25) is 0 Å². The van der Waals surface area contributed by atoms with E-state index in [1.807, 2.05) is 36.4 Å². The molecule has 1 aliphatic heterocycles. The Morgan fingerprint density at radius 2 is 1.85 bits per heavy atom. The number of likely N-dealkylation sites (tertiary alicyclic amines) is 1. The number of rotatable bonds is 4. The van der Waals surface area contributed by atoms with E-state index in [2.05, 4.69) is 26.2 Å². The highest BCUT2D eigenvalue weighted by molar-refractivity contribution is 7.71. The van der Waals surface area contributed by atoms with Crippen molar-refractivity contribution in [2.24, 2.45) is 0 Å². The molecular formula is C20H23N3O2S. The van der Waals surface area contributed by atoms with E-state index in [0.29, 0.717) is 13.2 Å². The molecule has 1 saturated heterocycles. The van der Waals surface area contributed by atoms with E-state index in [4.69, 9.17) is 17.0 Å². The lowest BCUT2D eigenvalue weighted by Crippen LogP contribution is -2.39. The number of methoxy groups -OCH3 is 1. The number of piperidine rings is 1. The second kappa shape index (κ2) is 7.23. The Bertz CT molecular complexity index is 961. The summed E-state index contributed by atoms with van der Waals surface area (Å²) < 4.78 is 10.3. The topological polar surface area (TPSA) is 42.6 Å². The molecule has 1 atom stereocenters. The van der Waals surface area contributed by atoms with Crippen LogP contribution in [0.5, 0.6) is 5.75 Å². The Morgan fingerprint density at radius 1 is 1.12 bits per heavy atom. The van der Waals surface area contributed by atoms with Crippen molar-refractivity contribution in [2.45, 2.75) is 25.6 Å². The van der Waals surface area contributed by atoms with Crippen molar-refractivity contribution in [3.05, 3.63) is 53.3 Å². The van der Waals surface area contributed by atoms with Crippen molar-refractivity contribution in [3.63, 3.8) is 0 Å². The molecule has 136 valence electrons. The van der Waals surface area contributed by atoms with Gasteiger partial charge in [-0.1, -0.05) is 12.1 Å². The summed E-state index contributed by atoms with van der Waals surface area (Å²) in [7, 11) is 1.67. The van der Waals surface area contributed by atoms with Gasteiger partial charge < -0.3 is 14.4 Å². The van der Waals surface area contributed by atoms with Gasteiger partial charge in [-0.25, -0.2) is 0 Å². The molecule has 6 heteroatoms. The van der Waals surface area contributed by atoms with Crippen molar-refractivity contribution in [2.75, 3.05) is 20.2 Å². The smallest absolute Gasteiger partial charge is 0.186 e. The summed E-state index contributed by atoms with van der Waals surface area (Å²) in [5.41, 5.74) is 3.21. The van der Waals surface area contributed by atoms with Crippen molar-refractivity contribution >= 4 is 23.3 Å². The van der Waals surface area contributed by atoms with Crippen molar-refractivity contribution in [1.29, 1.82) is 0 Å². The molecule has 4 rings (SSSR count). The van der Waals surface area contributed by atoms with E-state index in [1.54, 1.807) is 7.11 Å². The minimum absolute atomic E-state index is 0.243. The summed E-state index contributed by atoms with van der Waals surface area (Å²) in [6, 6.07) is 16.2. The van der Waals surface area contributed by atoms with E-state index in [0.717, 1.165) is 46.6 Å². The average Bonchev–Trinajstić information content (AvgIpc) is 2.94. The largest absolute Gasteiger partial charge is 0.497 e. The quantitative estimate of drug-likeness (QED) is 0.714. The third-order valence-electron chi connectivity index (χ3n) is 4.99. The molecule has 2 aromatic carbocycles. The first-order chi connectivity index (χ1) is 12.7. The molecule has 2 heterocycles. The molecule has 0 unspecified atom stereocenters. The fraction of sp³-hybridized carbons (Fsp3) is 0.350. The number of aliphatic hydroxyl groups excluding tert-OH is 1. The first-order valence-corrected chi connectivity index (χ1v) is 9.33. The lowest BCUT2D eigenvalue weighted by atomic mass is 10.1. The molecule has 1 N–H and O–H groups in total. The number of fused-ring (bicyclic) bond motifs is 1. The maximum absolute atomic E-state index is 9.98. The number of aromatic nitrogens is 2. The van der Waals surface area contributed by atoms with Crippen LogP contribution < -0.4 is 4.74 Å². The number of hydrogen-bond acceptors (Lipinski definition) is 4. The second-order valence-electron chi connectivity index (χ2n) is 6.75. The number of hydrogen-bond donors (Lipinski definition) is 1. The standard InChI is InChI=1S/C20H23N3O2S/c1-25-17-10-8-15(9-11-17)23-19-7-3-2-6-18(19)22(20(23)26)14-21-12-4-5-16(24)13-21/h2-3,6-11,16,24H,4-5,12-14H2,1H3/t16-/m0/s1. The zero-order valence-electron chi connectivity index (χ0n) is 14.8. The molecule has 26 heavy (non-hydrogen) atoms. The number of benzene rings is 2. The predicted molar refractivity (Wildman–Crippen MR) is 105 cm³/mol. The van der Waals surface area contributed by atoms with Crippen LogP contribution in [-0.4, -0.2) is 45.4 Å². The fourth-order valence-electron chi connectivity index (χ4n) is 3.69. The summed E-state index contributed by atoms with van der Waals surface area (Å²) in [5, 5.41) is 9.98. The van der Waals surface area contributed by atoms with Gasteiger partial charge in [0.25, 0.3) is 0 Å². The molecule has 0 bridgehead atoms. The Morgan fingerprint density at radius 3 is 2.54 bits per heavy atom. The highest BCUT2D eigenvalue weighted by Crippen LogP contribution is 2.25. The number of imidazole rings is 1. The van der Waals surface area contributed by atoms with Gasteiger partial charge in [-0.2, -0.15) is 0 Å². The monoisotopic (exact) mass is 369 g/mol. The zero-order chi connectivity index (χ0) is 18.1. The van der Waals surface area contributed by atoms with Crippen LogP contribution in [0.1, 0.15) is 12.8 Å². The van der Waals surface area contributed by atoms with Gasteiger partial charge in [0.2, 0.25) is 0 Å². The van der Waals surface area contributed by atoms with Gasteiger partial charge >= 0.3 is 0 Å². The normalized spacial score (nSPS) is 18.3. The van der Waals surface area contributed by atoms with E-state index in [1.165, 1.54) is 0 Å². The SMILES string of the molecule is COc1ccc(-n2c(=S)n(CN3CCC[C@H](O)C3)c3ccccc32)cc1. The van der Waals surface area contributed by atoms with Gasteiger partial charge in [-0.15, -0.1) is 0 Å². The van der Waals surface area contributed by atoms with Gasteiger partial charge in [-0.05, 0) is 61.5 Å². The molecule has 0 spiro atoms. The van der Waals surface area contributed by atoms with Crippen LogP contribution in [0, 0.1) is 4.77 Å². The van der Waals surface area contributed by atoms with Gasteiger partial charge in [0.15, 0.2) is 4.77 Å². The Balaban J connectivity index is 1.79. The van der Waals surface area contributed by atoms with Crippen LogP contribution in [0.15, 0.2) is 48.5 Å². The number of aliphatic hydroxyl groups is 1. The second-order valence-corrected chi connectivity index (χ2v) is 7.11. The summed E-state index contributed by atoms with van der Waals surface area (Å²) in [4.78, 5) is 2.27. The third-order valence-corrected chi connectivity index (χ3v) is 5.39. The summed E-state index contributed by atoms with van der Waals surface area (Å²) in [5.74, 6) is 0.825. The summed E-state index contributed by atoms with van der Waals surface area (Å²) in [6.07, 6.45) is 1.66. The molecule has 0 radical (unpaired) electrons. The molecule has 0 saturated carbocycles. The van der Waals surface area contributed by atoms with Gasteiger partial charge in [-0.3, -0.25) is 9.47 Å². The molecule has 5 nitrogen and oxygen atoms in total. The van der Waals surface area contributed by atoms with Gasteiger partial charge in [0.05, 0.1) is 30.9 Å². The van der Waals surface area contributed by atoms with E-state index < -0.39 is 0 Å². The van der Waals surface area contributed by atoms with Crippen molar-refractivity contribution in [1.82, 2.24) is 14.0 Å². The van der Waals surface area contributed by atoms with Crippen LogP contribution >= 0.6 is 12.2 Å². The molecule has 1 aromatic heterocycles. The zero-order valence-corrected chi connectivity index (χ0v) is 15.7. The fourth-order valence-corrected chi connectivity index (χ4v) is 4.05. The summed E-state index contributed by atoms with van der Waals surface area (Å²) >= 11 is 5.84. The van der Waals surface area contributed by atoms with E-state index in [-0.39, 0.29) is 6.10 Å². The maximum atomic E-state index is 9.98. The third kappa shape index (κ3) is 3.16. The van der Waals surface area contributed by atoms with Crippen LogP contribution in [0.4, 0.5) is 0 Å². The molecular weight excluding hydrogens is 346 g/mol. The number of ether oxygens (including phenoxy) is 1. The Hall–Kier alpha value is -2.15. The molecule has 1 fully saturated rings.